The second-order valence-electron chi connectivity index (χ2n) is 4.62. The minimum absolute atomic E-state index is 0.0828. The summed E-state index contributed by atoms with van der Waals surface area (Å²) in [6, 6.07) is 2.99. The first-order valence-electron chi connectivity index (χ1n) is 5.78. The van der Waals surface area contributed by atoms with Crippen LogP contribution in [0.4, 0.5) is 4.39 Å². The van der Waals surface area contributed by atoms with Crippen molar-refractivity contribution in [3.05, 3.63) is 23.5 Å². The van der Waals surface area contributed by atoms with Gasteiger partial charge in [0.2, 0.25) is 0 Å². The van der Waals surface area contributed by atoms with Crippen molar-refractivity contribution in [1.82, 2.24) is 0 Å². The first-order chi connectivity index (χ1) is 8.09. The van der Waals surface area contributed by atoms with Gasteiger partial charge in [0, 0.05) is 11.1 Å². The first-order valence-corrected chi connectivity index (χ1v) is 5.78. The second kappa shape index (κ2) is 4.53. The summed E-state index contributed by atoms with van der Waals surface area (Å²) < 4.78 is 24.2. The molecule has 0 spiro atoms. The number of nitrogens with two attached hydrogens (primary N) is 1. The number of halogens is 1. The highest BCUT2D eigenvalue weighted by Crippen LogP contribution is 2.39. The SMILES string of the molecule is COc1ccc(F)c(CCC2(N)CC2)c1OC. The van der Waals surface area contributed by atoms with Gasteiger partial charge in [-0.1, -0.05) is 0 Å². The lowest BCUT2D eigenvalue weighted by Gasteiger charge is -2.15. The van der Waals surface area contributed by atoms with Gasteiger partial charge in [0.15, 0.2) is 11.5 Å². The molecule has 1 aliphatic rings. The Morgan fingerprint density at radius 2 is 2.00 bits per heavy atom. The van der Waals surface area contributed by atoms with Crippen molar-refractivity contribution >= 4 is 0 Å². The molecule has 1 fully saturated rings. The third kappa shape index (κ3) is 2.52. The van der Waals surface area contributed by atoms with Crippen LogP contribution in [0.15, 0.2) is 12.1 Å². The molecule has 0 aromatic heterocycles. The van der Waals surface area contributed by atoms with Crippen LogP contribution in [0, 0.1) is 5.82 Å². The Hall–Kier alpha value is -1.29. The number of hydrogen-bond acceptors (Lipinski definition) is 3. The van der Waals surface area contributed by atoms with E-state index < -0.39 is 0 Å². The minimum atomic E-state index is -0.258. The van der Waals surface area contributed by atoms with E-state index in [0.717, 1.165) is 19.3 Å². The van der Waals surface area contributed by atoms with E-state index in [1.54, 1.807) is 13.2 Å². The summed E-state index contributed by atoms with van der Waals surface area (Å²) in [6.07, 6.45) is 3.43. The largest absolute Gasteiger partial charge is 0.493 e. The third-order valence-corrected chi connectivity index (χ3v) is 3.36. The number of benzene rings is 1. The average molecular weight is 239 g/mol. The molecule has 0 radical (unpaired) electrons. The van der Waals surface area contributed by atoms with Gasteiger partial charge in [0.05, 0.1) is 14.2 Å². The van der Waals surface area contributed by atoms with Gasteiger partial charge in [-0.25, -0.2) is 4.39 Å². The summed E-state index contributed by atoms with van der Waals surface area (Å²) in [5.41, 5.74) is 6.49. The number of ether oxygens (including phenoxy) is 2. The van der Waals surface area contributed by atoms with Crippen LogP contribution in [-0.2, 0) is 6.42 Å². The molecule has 0 saturated heterocycles. The van der Waals surface area contributed by atoms with Crippen molar-refractivity contribution in [2.24, 2.45) is 5.73 Å². The molecule has 0 unspecified atom stereocenters. The van der Waals surface area contributed by atoms with Crippen LogP contribution >= 0.6 is 0 Å². The van der Waals surface area contributed by atoms with Crippen molar-refractivity contribution in [2.45, 2.75) is 31.2 Å². The van der Waals surface area contributed by atoms with E-state index in [4.69, 9.17) is 15.2 Å². The topological polar surface area (TPSA) is 44.5 Å². The van der Waals surface area contributed by atoms with Crippen LogP contribution in [0.2, 0.25) is 0 Å². The number of rotatable bonds is 5. The highest BCUT2D eigenvalue weighted by Gasteiger charge is 2.37. The van der Waals surface area contributed by atoms with Gasteiger partial charge in [0.25, 0.3) is 0 Å². The molecule has 1 saturated carbocycles. The maximum Gasteiger partial charge on any atom is 0.166 e. The Morgan fingerprint density at radius 1 is 1.29 bits per heavy atom. The summed E-state index contributed by atoms with van der Waals surface area (Å²) in [5, 5.41) is 0. The molecule has 0 amide bonds. The quantitative estimate of drug-likeness (QED) is 0.857. The van der Waals surface area contributed by atoms with E-state index in [-0.39, 0.29) is 11.4 Å². The monoisotopic (exact) mass is 239 g/mol. The van der Waals surface area contributed by atoms with Crippen LogP contribution in [0.1, 0.15) is 24.8 Å². The van der Waals surface area contributed by atoms with Crippen molar-refractivity contribution in [3.8, 4) is 11.5 Å². The standard InChI is InChI=1S/C13H18FNO2/c1-16-11-4-3-10(14)9(12(11)17-2)5-6-13(15)7-8-13/h3-4H,5-8,15H2,1-2H3. The fourth-order valence-electron chi connectivity index (χ4n) is 1.98. The van der Waals surface area contributed by atoms with Gasteiger partial charge in [0.1, 0.15) is 5.82 Å². The van der Waals surface area contributed by atoms with Gasteiger partial charge < -0.3 is 15.2 Å². The van der Waals surface area contributed by atoms with Crippen molar-refractivity contribution < 1.29 is 13.9 Å². The van der Waals surface area contributed by atoms with Gasteiger partial charge in [-0.3, -0.25) is 0 Å². The van der Waals surface area contributed by atoms with Crippen LogP contribution in [0.25, 0.3) is 0 Å². The molecule has 1 aromatic carbocycles. The fourth-order valence-corrected chi connectivity index (χ4v) is 1.98. The highest BCUT2D eigenvalue weighted by molar-refractivity contribution is 5.47. The smallest absolute Gasteiger partial charge is 0.166 e. The second-order valence-corrected chi connectivity index (χ2v) is 4.62. The van der Waals surface area contributed by atoms with E-state index >= 15 is 0 Å². The summed E-state index contributed by atoms with van der Waals surface area (Å²) in [5.74, 6) is 0.786. The zero-order valence-electron chi connectivity index (χ0n) is 10.3. The predicted octanol–water partition coefficient (Wildman–Crippen LogP) is 2.27. The number of methoxy groups -OCH3 is 2. The Morgan fingerprint density at radius 3 is 2.53 bits per heavy atom. The fraction of sp³-hybridized carbons (Fsp3) is 0.538. The van der Waals surface area contributed by atoms with Crippen molar-refractivity contribution in [3.63, 3.8) is 0 Å². The van der Waals surface area contributed by atoms with Gasteiger partial charge >= 0.3 is 0 Å². The molecule has 1 aliphatic carbocycles. The molecule has 1 aromatic rings. The molecule has 4 heteroatoms. The van der Waals surface area contributed by atoms with Crippen LogP contribution < -0.4 is 15.2 Å². The summed E-state index contributed by atoms with van der Waals surface area (Å²) in [4.78, 5) is 0. The zero-order valence-corrected chi connectivity index (χ0v) is 10.3. The van der Waals surface area contributed by atoms with Crippen LogP contribution in [0.3, 0.4) is 0 Å². The maximum absolute atomic E-state index is 13.8. The highest BCUT2D eigenvalue weighted by atomic mass is 19.1. The van der Waals surface area contributed by atoms with E-state index in [9.17, 15) is 4.39 Å². The molecular formula is C13H18FNO2. The van der Waals surface area contributed by atoms with Crippen LogP contribution in [0.5, 0.6) is 11.5 Å². The molecule has 0 heterocycles. The third-order valence-electron chi connectivity index (χ3n) is 3.36. The summed E-state index contributed by atoms with van der Waals surface area (Å²) in [6.45, 7) is 0. The average Bonchev–Trinajstić information content (AvgIpc) is 3.05. The number of hydrogen-bond donors (Lipinski definition) is 1. The van der Waals surface area contributed by atoms with Gasteiger partial charge in [-0.05, 0) is 37.8 Å². The lowest BCUT2D eigenvalue weighted by Crippen LogP contribution is -2.22. The van der Waals surface area contributed by atoms with E-state index in [0.29, 0.717) is 23.5 Å². The van der Waals surface area contributed by atoms with Crippen LogP contribution in [-0.4, -0.2) is 19.8 Å². The molecule has 17 heavy (non-hydrogen) atoms. The molecule has 2 rings (SSSR count). The normalized spacial score (nSPS) is 16.7. The van der Waals surface area contributed by atoms with E-state index in [1.807, 2.05) is 0 Å². The maximum atomic E-state index is 13.8. The summed E-state index contributed by atoms with van der Waals surface area (Å²) in [7, 11) is 3.07. The predicted molar refractivity (Wildman–Crippen MR) is 64.0 cm³/mol. The molecule has 0 atom stereocenters. The Bertz CT molecular complexity index is 416. The minimum Gasteiger partial charge on any atom is -0.493 e. The molecule has 2 N–H and O–H groups in total. The molecule has 0 bridgehead atoms. The van der Waals surface area contributed by atoms with Crippen molar-refractivity contribution in [1.29, 1.82) is 0 Å². The molecule has 0 aliphatic heterocycles. The zero-order chi connectivity index (χ0) is 12.5. The van der Waals surface area contributed by atoms with Gasteiger partial charge in [-0.15, -0.1) is 0 Å². The summed E-state index contributed by atoms with van der Waals surface area (Å²) >= 11 is 0. The lowest BCUT2D eigenvalue weighted by atomic mass is 10.0. The lowest BCUT2D eigenvalue weighted by molar-refractivity contribution is 0.347. The molecular weight excluding hydrogens is 221 g/mol. The first kappa shape index (κ1) is 12.2. The molecule has 3 nitrogen and oxygen atoms in total. The van der Waals surface area contributed by atoms with E-state index in [2.05, 4.69) is 0 Å². The van der Waals surface area contributed by atoms with Gasteiger partial charge in [-0.2, -0.15) is 0 Å². The van der Waals surface area contributed by atoms with E-state index in [1.165, 1.54) is 13.2 Å². The Kier molecular flexibility index (Phi) is 3.24. The van der Waals surface area contributed by atoms with Crippen molar-refractivity contribution in [2.75, 3.05) is 14.2 Å². The Balaban J connectivity index is 2.23. The Labute approximate surface area is 101 Å². The molecule has 94 valence electrons.